The van der Waals surface area contributed by atoms with Crippen molar-refractivity contribution in [2.24, 2.45) is 11.1 Å². The van der Waals surface area contributed by atoms with Crippen molar-refractivity contribution >= 4 is 37.4 Å². The van der Waals surface area contributed by atoms with Crippen molar-refractivity contribution in [3.8, 4) is 0 Å². The summed E-state index contributed by atoms with van der Waals surface area (Å²) >= 11 is 1.63. The minimum Gasteiger partial charge on any atom is -0.363 e. The van der Waals surface area contributed by atoms with Gasteiger partial charge in [0.1, 0.15) is 16.5 Å². The third kappa shape index (κ3) is 4.45. The highest BCUT2D eigenvalue weighted by atomic mass is 32.2. The lowest BCUT2D eigenvalue weighted by molar-refractivity contribution is 0.597. The molecule has 2 heterocycles. The van der Waals surface area contributed by atoms with Crippen LogP contribution in [0.3, 0.4) is 0 Å². The fraction of sp³-hybridized carbons (Fsp3) is 0.368. The van der Waals surface area contributed by atoms with Gasteiger partial charge in [0, 0.05) is 0 Å². The molecule has 27 heavy (non-hydrogen) atoms. The van der Waals surface area contributed by atoms with Crippen LogP contribution in [0.15, 0.2) is 34.5 Å². The number of thiophene rings is 1. The maximum Gasteiger partial charge on any atom is 0.238 e. The third-order valence-electron chi connectivity index (χ3n) is 4.29. The van der Waals surface area contributed by atoms with Crippen LogP contribution in [0, 0.1) is 12.8 Å². The first kappa shape index (κ1) is 19.7. The summed E-state index contributed by atoms with van der Waals surface area (Å²) in [5, 5.41) is 11.9. The van der Waals surface area contributed by atoms with Crippen LogP contribution < -0.4 is 10.5 Å². The number of hydrogen-bond donors (Lipinski definition) is 2. The molecule has 1 atom stereocenters. The number of sulfonamides is 1. The monoisotopic (exact) mass is 404 g/mol. The quantitative estimate of drug-likeness (QED) is 0.647. The zero-order valence-electron chi connectivity index (χ0n) is 15.9. The van der Waals surface area contributed by atoms with Crippen molar-refractivity contribution < 1.29 is 8.42 Å². The zero-order valence-corrected chi connectivity index (χ0v) is 17.5. The van der Waals surface area contributed by atoms with Crippen LogP contribution in [0.1, 0.15) is 43.8 Å². The molecule has 1 unspecified atom stereocenters. The molecule has 3 N–H and O–H groups in total. The van der Waals surface area contributed by atoms with Crippen molar-refractivity contribution in [1.29, 1.82) is 0 Å². The average molecular weight is 405 g/mol. The highest BCUT2D eigenvalue weighted by Crippen LogP contribution is 2.33. The van der Waals surface area contributed by atoms with Crippen molar-refractivity contribution in [1.82, 2.24) is 9.97 Å². The lowest BCUT2D eigenvalue weighted by Crippen LogP contribution is -2.14. The Bertz CT molecular complexity index is 1070. The van der Waals surface area contributed by atoms with Crippen LogP contribution >= 0.6 is 11.3 Å². The van der Waals surface area contributed by atoms with E-state index in [0.29, 0.717) is 11.7 Å². The van der Waals surface area contributed by atoms with Crippen LogP contribution in [0.4, 0.5) is 5.82 Å². The minimum atomic E-state index is -3.74. The topological polar surface area (TPSA) is 98.0 Å². The van der Waals surface area contributed by atoms with Crippen molar-refractivity contribution in [2.45, 2.75) is 45.1 Å². The van der Waals surface area contributed by atoms with Gasteiger partial charge in [0.2, 0.25) is 10.0 Å². The van der Waals surface area contributed by atoms with Gasteiger partial charge >= 0.3 is 0 Å². The molecule has 0 bridgehead atoms. The van der Waals surface area contributed by atoms with Gasteiger partial charge in [0.15, 0.2) is 0 Å². The molecular formula is C19H24N4O2S2. The summed E-state index contributed by atoms with van der Waals surface area (Å²) in [6, 6.07) is 6.53. The summed E-state index contributed by atoms with van der Waals surface area (Å²) in [7, 11) is -3.74. The summed E-state index contributed by atoms with van der Waals surface area (Å²) in [4.78, 5) is 10.3. The maximum absolute atomic E-state index is 11.6. The molecule has 0 saturated heterocycles. The van der Waals surface area contributed by atoms with Gasteiger partial charge in [-0.15, -0.1) is 11.3 Å². The van der Waals surface area contributed by atoms with E-state index >= 15 is 0 Å². The summed E-state index contributed by atoms with van der Waals surface area (Å²) < 4.78 is 23.3. The number of rotatable bonds is 6. The number of anilines is 1. The lowest BCUT2D eigenvalue weighted by atomic mass is 10.0. The molecule has 0 aliphatic heterocycles. The van der Waals surface area contributed by atoms with E-state index in [9.17, 15) is 8.42 Å². The van der Waals surface area contributed by atoms with Gasteiger partial charge in [0.05, 0.1) is 16.3 Å². The first-order valence-electron chi connectivity index (χ1n) is 8.79. The fourth-order valence-corrected chi connectivity index (χ4v) is 4.62. The van der Waals surface area contributed by atoms with Crippen molar-refractivity contribution in [3.05, 3.63) is 46.6 Å². The second-order valence-electron chi connectivity index (χ2n) is 7.14. The average Bonchev–Trinajstić information content (AvgIpc) is 2.96. The van der Waals surface area contributed by atoms with E-state index in [-0.39, 0.29) is 10.9 Å². The molecule has 8 heteroatoms. The largest absolute Gasteiger partial charge is 0.363 e. The molecule has 3 aromatic rings. The first-order chi connectivity index (χ1) is 12.6. The Labute approximate surface area is 163 Å². The predicted molar refractivity (Wildman–Crippen MR) is 111 cm³/mol. The molecule has 3 rings (SSSR count). The Kier molecular flexibility index (Phi) is 5.50. The minimum absolute atomic E-state index is 0.105. The highest BCUT2D eigenvalue weighted by molar-refractivity contribution is 7.89. The third-order valence-corrected chi connectivity index (χ3v) is 6.12. The van der Waals surface area contributed by atoms with Gasteiger partial charge < -0.3 is 5.32 Å². The van der Waals surface area contributed by atoms with Gasteiger partial charge in [-0.2, -0.15) is 0 Å². The van der Waals surface area contributed by atoms with Gasteiger partial charge in [-0.25, -0.2) is 23.5 Å². The number of aryl methyl sites for hydroxylation is 1. The molecule has 0 amide bonds. The first-order valence-corrected chi connectivity index (χ1v) is 11.2. The van der Waals surface area contributed by atoms with Gasteiger partial charge in [-0.05, 0) is 54.8 Å². The number of benzene rings is 1. The molecule has 0 radical (unpaired) electrons. The standard InChI is InChI=1S/C19H24N4O2S2/c1-11(2)8-15-10-26-19-17(15)18(22-13(4)23-19)21-12(3)14-6-5-7-16(9-14)27(20,24)25/h5-7,9-12H,8H2,1-4H3,(H2,20,24,25)(H,21,22,23). The number of nitrogens with two attached hydrogens (primary N) is 1. The van der Waals surface area contributed by atoms with Crippen LogP contribution in [0.2, 0.25) is 0 Å². The molecule has 0 saturated carbocycles. The molecule has 0 aliphatic carbocycles. The number of nitrogens with zero attached hydrogens (tertiary/aromatic N) is 2. The van der Waals surface area contributed by atoms with Gasteiger partial charge in [-0.1, -0.05) is 26.0 Å². The lowest BCUT2D eigenvalue weighted by Gasteiger charge is -2.17. The molecule has 144 valence electrons. The molecule has 0 fully saturated rings. The molecule has 1 aromatic carbocycles. The van der Waals surface area contributed by atoms with Gasteiger partial charge in [0.25, 0.3) is 0 Å². The summed E-state index contributed by atoms with van der Waals surface area (Å²) in [6.07, 6.45) is 0.955. The summed E-state index contributed by atoms with van der Waals surface area (Å²) in [5.74, 6) is 2.01. The number of aromatic nitrogens is 2. The van der Waals surface area contributed by atoms with Crippen LogP contribution in [0.5, 0.6) is 0 Å². The number of nitrogens with one attached hydrogen (secondary N) is 1. The van der Waals surface area contributed by atoms with Crippen LogP contribution in [-0.2, 0) is 16.4 Å². The van der Waals surface area contributed by atoms with E-state index in [0.717, 1.165) is 28.0 Å². The zero-order chi connectivity index (χ0) is 19.8. The van der Waals surface area contributed by atoms with Crippen LogP contribution in [0.25, 0.3) is 10.2 Å². The highest BCUT2D eigenvalue weighted by Gasteiger charge is 2.17. The van der Waals surface area contributed by atoms with E-state index in [4.69, 9.17) is 5.14 Å². The number of primary sulfonamides is 1. The van der Waals surface area contributed by atoms with Crippen molar-refractivity contribution in [3.63, 3.8) is 0 Å². The molecule has 0 aliphatic rings. The Morgan fingerprint density at radius 2 is 1.96 bits per heavy atom. The van der Waals surface area contributed by atoms with E-state index < -0.39 is 10.0 Å². The summed E-state index contributed by atoms with van der Waals surface area (Å²) in [6.45, 7) is 8.22. The van der Waals surface area contributed by atoms with E-state index in [2.05, 4.69) is 34.5 Å². The Morgan fingerprint density at radius 1 is 1.22 bits per heavy atom. The SMILES string of the molecule is Cc1nc(NC(C)c2cccc(S(N)(=O)=O)c2)c2c(CC(C)C)csc2n1. The van der Waals surface area contributed by atoms with E-state index in [1.54, 1.807) is 23.5 Å². The van der Waals surface area contributed by atoms with Crippen molar-refractivity contribution in [2.75, 3.05) is 5.32 Å². The van der Waals surface area contributed by atoms with E-state index in [1.807, 2.05) is 19.9 Å². The molecular weight excluding hydrogens is 380 g/mol. The Balaban J connectivity index is 2.00. The van der Waals surface area contributed by atoms with E-state index in [1.165, 1.54) is 11.6 Å². The Hall–Kier alpha value is -2.03. The molecule has 0 spiro atoms. The maximum atomic E-state index is 11.6. The fourth-order valence-electron chi connectivity index (χ4n) is 3.05. The summed E-state index contributed by atoms with van der Waals surface area (Å²) in [5.41, 5.74) is 2.06. The second kappa shape index (κ2) is 7.53. The predicted octanol–water partition coefficient (Wildman–Crippen LogP) is 4.02. The Morgan fingerprint density at radius 3 is 2.63 bits per heavy atom. The normalized spacial score (nSPS) is 13.3. The molecule has 6 nitrogen and oxygen atoms in total. The molecule has 2 aromatic heterocycles. The second-order valence-corrected chi connectivity index (χ2v) is 9.56. The number of fused-ring (bicyclic) bond motifs is 1. The number of hydrogen-bond acceptors (Lipinski definition) is 6. The smallest absolute Gasteiger partial charge is 0.238 e. The van der Waals surface area contributed by atoms with Crippen LogP contribution in [-0.4, -0.2) is 18.4 Å². The van der Waals surface area contributed by atoms with Gasteiger partial charge in [-0.3, -0.25) is 0 Å².